The monoisotopic (exact) mass is 281 g/mol. The number of rotatable bonds is 2. The van der Waals surface area contributed by atoms with Crippen LogP contribution in [0, 0.1) is 11.8 Å². The van der Waals surface area contributed by atoms with Crippen LogP contribution in [0.25, 0.3) is 0 Å². The molecule has 3 aliphatic rings. The number of nitrogens with one attached hydrogen (secondary N) is 1. The largest absolute Gasteiger partial charge is 0.384 e. The van der Waals surface area contributed by atoms with Gasteiger partial charge in [0.15, 0.2) is 5.82 Å². The lowest BCUT2D eigenvalue weighted by Crippen LogP contribution is -2.10. The summed E-state index contributed by atoms with van der Waals surface area (Å²) >= 11 is 0. The molecule has 1 aromatic carbocycles. The molecule has 4 heteroatoms. The Morgan fingerprint density at radius 1 is 1.14 bits per heavy atom. The predicted molar refractivity (Wildman–Crippen MR) is 79.3 cm³/mol. The van der Waals surface area contributed by atoms with Gasteiger partial charge in [-0.25, -0.2) is 0 Å². The molecule has 2 aliphatic carbocycles. The average Bonchev–Trinajstić information content (AvgIpc) is 3.28. The Bertz CT molecular complexity index is 680. The van der Waals surface area contributed by atoms with Gasteiger partial charge < -0.3 is 9.84 Å². The lowest BCUT2D eigenvalue weighted by Gasteiger charge is -2.17. The number of para-hydroxylation sites is 1. The Kier molecular flexibility index (Phi) is 2.43. The molecule has 0 radical (unpaired) electrons. The first kappa shape index (κ1) is 11.8. The van der Waals surface area contributed by atoms with Crippen LogP contribution in [0.3, 0.4) is 0 Å². The summed E-state index contributed by atoms with van der Waals surface area (Å²) < 4.78 is 5.62. The molecular weight excluding hydrogens is 262 g/mol. The zero-order valence-electron chi connectivity index (χ0n) is 12.0. The van der Waals surface area contributed by atoms with Crippen LogP contribution in [0.5, 0.6) is 0 Å². The highest BCUT2D eigenvalue weighted by Gasteiger charge is 2.42. The minimum absolute atomic E-state index is 0.209. The number of benzene rings is 1. The molecule has 2 aromatic rings. The van der Waals surface area contributed by atoms with Crippen LogP contribution in [0.15, 0.2) is 28.8 Å². The van der Waals surface area contributed by atoms with Crippen molar-refractivity contribution in [2.45, 2.75) is 37.5 Å². The van der Waals surface area contributed by atoms with E-state index < -0.39 is 0 Å². The maximum absolute atomic E-state index is 5.62. The van der Waals surface area contributed by atoms with Crippen LogP contribution in [0.4, 0.5) is 5.69 Å². The third kappa shape index (κ3) is 1.74. The van der Waals surface area contributed by atoms with Crippen LogP contribution < -0.4 is 5.32 Å². The molecule has 2 fully saturated rings. The van der Waals surface area contributed by atoms with Gasteiger partial charge in [0, 0.05) is 18.2 Å². The van der Waals surface area contributed by atoms with Crippen LogP contribution in [-0.2, 0) is 0 Å². The summed E-state index contributed by atoms with van der Waals surface area (Å²) in [5.41, 5.74) is 2.47. The van der Waals surface area contributed by atoms with Gasteiger partial charge in [-0.2, -0.15) is 4.98 Å². The van der Waals surface area contributed by atoms with Crippen molar-refractivity contribution in [2.75, 3.05) is 11.9 Å². The second kappa shape index (κ2) is 4.33. The Labute approximate surface area is 123 Å². The van der Waals surface area contributed by atoms with Gasteiger partial charge in [-0.3, -0.25) is 0 Å². The molecule has 4 nitrogen and oxygen atoms in total. The summed E-state index contributed by atoms with van der Waals surface area (Å²) in [7, 11) is 0. The fourth-order valence-corrected chi connectivity index (χ4v) is 4.60. The molecule has 108 valence electrons. The van der Waals surface area contributed by atoms with Gasteiger partial charge in [0.25, 0.3) is 0 Å². The average molecular weight is 281 g/mol. The summed E-state index contributed by atoms with van der Waals surface area (Å²) in [6.07, 6.45) is 5.41. The fourth-order valence-electron chi connectivity index (χ4n) is 4.60. The van der Waals surface area contributed by atoms with Gasteiger partial charge in [0.2, 0.25) is 5.89 Å². The summed E-state index contributed by atoms with van der Waals surface area (Å²) in [6.45, 7) is 0.859. The summed E-state index contributed by atoms with van der Waals surface area (Å²) in [6, 6.07) is 8.40. The van der Waals surface area contributed by atoms with Crippen molar-refractivity contribution >= 4 is 5.69 Å². The maximum Gasteiger partial charge on any atom is 0.236 e. The number of fused-ring (bicyclic) bond motifs is 3. The molecule has 0 amide bonds. The van der Waals surface area contributed by atoms with Crippen molar-refractivity contribution in [3.8, 4) is 0 Å². The summed E-state index contributed by atoms with van der Waals surface area (Å²) in [4.78, 5) is 4.77. The van der Waals surface area contributed by atoms with E-state index in [0.717, 1.165) is 30.1 Å². The van der Waals surface area contributed by atoms with E-state index in [-0.39, 0.29) is 5.92 Å². The molecule has 0 spiro atoms. The minimum atomic E-state index is 0.209. The van der Waals surface area contributed by atoms with E-state index in [0.29, 0.717) is 5.92 Å². The van der Waals surface area contributed by atoms with Crippen LogP contribution in [-0.4, -0.2) is 16.7 Å². The summed E-state index contributed by atoms with van der Waals surface area (Å²) in [5, 5.41) is 7.75. The number of aromatic nitrogens is 2. The molecule has 2 saturated carbocycles. The van der Waals surface area contributed by atoms with Gasteiger partial charge in [0.05, 0.1) is 5.92 Å². The van der Waals surface area contributed by atoms with Gasteiger partial charge in [0.1, 0.15) is 0 Å². The Balaban J connectivity index is 1.44. The lowest BCUT2D eigenvalue weighted by molar-refractivity contribution is 0.347. The van der Waals surface area contributed by atoms with Gasteiger partial charge >= 0.3 is 0 Å². The van der Waals surface area contributed by atoms with Crippen molar-refractivity contribution in [3.63, 3.8) is 0 Å². The van der Waals surface area contributed by atoms with E-state index in [4.69, 9.17) is 9.51 Å². The molecule has 2 heterocycles. The molecule has 2 bridgehead atoms. The molecule has 4 atom stereocenters. The third-order valence-corrected chi connectivity index (χ3v) is 5.66. The zero-order valence-corrected chi connectivity index (χ0v) is 12.0. The van der Waals surface area contributed by atoms with Crippen LogP contribution in [0.2, 0.25) is 0 Å². The fraction of sp³-hybridized carbons (Fsp3) is 0.529. The molecule has 21 heavy (non-hydrogen) atoms. The standard InChI is InChI=1S/C17H19N3O/c1-2-4-15-12(3-1)14(9-18-15)17-19-16(20-21-17)13-8-10-5-6-11(13)7-10/h1-4,10-11,13-14,18H,5-9H2. The molecule has 0 saturated heterocycles. The second-order valence-electron chi connectivity index (χ2n) is 6.79. The Morgan fingerprint density at radius 3 is 2.95 bits per heavy atom. The predicted octanol–water partition coefficient (Wildman–Crippen LogP) is 3.53. The van der Waals surface area contributed by atoms with E-state index in [9.17, 15) is 0 Å². The first-order chi connectivity index (χ1) is 10.4. The zero-order chi connectivity index (χ0) is 13.8. The minimum Gasteiger partial charge on any atom is -0.384 e. The highest BCUT2D eigenvalue weighted by atomic mass is 16.5. The molecular formula is C17H19N3O. The van der Waals surface area contributed by atoms with Crippen molar-refractivity contribution in [3.05, 3.63) is 41.5 Å². The lowest BCUT2D eigenvalue weighted by atomic mass is 9.88. The van der Waals surface area contributed by atoms with Crippen molar-refractivity contribution in [1.82, 2.24) is 10.1 Å². The van der Waals surface area contributed by atoms with E-state index in [2.05, 4.69) is 34.7 Å². The van der Waals surface area contributed by atoms with E-state index in [1.807, 2.05) is 0 Å². The van der Waals surface area contributed by atoms with Gasteiger partial charge in [-0.05, 0) is 42.7 Å². The topological polar surface area (TPSA) is 51.0 Å². The second-order valence-corrected chi connectivity index (χ2v) is 6.79. The third-order valence-electron chi connectivity index (χ3n) is 5.66. The van der Waals surface area contributed by atoms with E-state index in [1.165, 1.54) is 36.9 Å². The first-order valence-electron chi connectivity index (χ1n) is 8.05. The SMILES string of the molecule is c1ccc2c(c1)NCC2c1nc(C2CC3CCC2C3)no1. The Morgan fingerprint density at radius 2 is 2.10 bits per heavy atom. The number of nitrogens with zero attached hydrogens (tertiary/aromatic N) is 2. The van der Waals surface area contributed by atoms with Crippen molar-refractivity contribution in [1.29, 1.82) is 0 Å². The summed E-state index contributed by atoms with van der Waals surface area (Å²) in [5.74, 6) is 4.21. The highest BCUT2D eigenvalue weighted by molar-refractivity contribution is 5.59. The van der Waals surface area contributed by atoms with E-state index in [1.54, 1.807) is 0 Å². The smallest absolute Gasteiger partial charge is 0.236 e. The maximum atomic E-state index is 5.62. The number of hydrogen-bond donors (Lipinski definition) is 1. The molecule has 4 unspecified atom stereocenters. The van der Waals surface area contributed by atoms with Crippen LogP contribution in [0.1, 0.15) is 54.8 Å². The number of anilines is 1. The molecule has 1 aromatic heterocycles. The number of hydrogen-bond acceptors (Lipinski definition) is 4. The van der Waals surface area contributed by atoms with Crippen molar-refractivity contribution in [2.24, 2.45) is 11.8 Å². The highest BCUT2D eigenvalue weighted by Crippen LogP contribution is 2.52. The van der Waals surface area contributed by atoms with Gasteiger partial charge in [-0.15, -0.1) is 0 Å². The Hall–Kier alpha value is -1.84. The molecule has 5 rings (SSSR count). The molecule has 1 N–H and O–H groups in total. The molecule has 1 aliphatic heterocycles. The quantitative estimate of drug-likeness (QED) is 0.915. The van der Waals surface area contributed by atoms with Gasteiger partial charge in [-0.1, -0.05) is 29.8 Å². The first-order valence-corrected chi connectivity index (χ1v) is 8.05. The van der Waals surface area contributed by atoms with E-state index >= 15 is 0 Å². The van der Waals surface area contributed by atoms with Crippen molar-refractivity contribution < 1.29 is 4.52 Å². The normalized spacial score (nSPS) is 33.1. The van der Waals surface area contributed by atoms with Crippen LogP contribution >= 0.6 is 0 Å².